The molecule has 0 radical (unpaired) electrons. The maximum atomic E-state index is 6.15. The Kier molecular flexibility index (Phi) is 2.73. The number of ether oxygens (including phenoxy) is 1. The molecule has 0 aliphatic rings. The first kappa shape index (κ1) is 11.2. The first-order valence-corrected chi connectivity index (χ1v) is 6.35. The topological polar surface area (TPSA) is 76.8 Å². The molecule has 0 amide bonds. The third-order valence-electron chi connectivity index (χ3n) is 2.69. The second kappa shape index (κ2) is 4.40. The number of rotatable bonds is 3. The lowest BCUT2D eigenvalue weighted by atomic mass is 10.2. The number of methoxy groups -OCH3 is 1. The van der Waals surface area contributed by atoms with Gasteiger partial charge in [0.05, 0.1) is 18.7 Å². The van der Waals surface area contributed by atoms with E-state index in [1.165, 1.54) is 0 Å². The van der Waals surface area contributed by atoms with Crippen molar-refractivity contribution in [2.75, 3.05) is 7.11 Å². The standard InChI is InChI=1S/C12H12N4OS/c1-17-9-5-4-7-11(15-9)16-12(14-7)10(13)8-3-2-6-18-8/h2-6,10H,13H2,1H3,(H,14,15,16). The molecule has 0 saturated carbocycles. The molecule has 0 bridgehead atoms. The highest BCUT2D eigenvalue weighted by Gasteiger charge is 2.15. The van der Waals surface area contributed by atoms with Crippen LogP contribution in [0.25, 0.3) is 11.2 Å². The monoisotopic (exact) mass is 260 g/mol. The predicted octanol–water partition coefficient (Wildman–Crippen LogP) is 2.08. The molecule has 0 fully saturated rings. The van der Waals surface area contributed by atoms with E-state index in [1.54, 1.807) is 24.5 Å². The lowest BCUT2D eigenvalue weighted by Crippen LogP contribution is -2.11. The Bertz CT molecular complexity index is 662. The minimum Gasteiger partial charge on any atom is -0.481 e. The number of fused-ring (bicyclic) bond motifs is 1. The molecule has 3 aromatic heterocycles. The Hall–Kier alpha value is -1.92. The van der Waals surface area contributed by atoms with Crippen LogP contribution in [0.5, 0.6) is 5.88 Å². The summed E-state index contributed by atoms with van der Waals surface area (Å²) < 4.78 is 5.07. The van der Waals surface area contributed by atoms with Crippen molar-refractivity contribution in [2.45, 2.75) is 6.04 Å². The summed E-state index contributed by atoms with van der Waals surface area (Å²) in [4.78, 5) is 12.9. The van der Waals surface area contributed by atoms with Gasteiger partial charge in [-0.2, -0.15) is 4.98 Å². The maximum Gasteiger partial charge on any atom is 0.215 e. The average Bonchev–Trinajstić information content (AvgIpc) is 3.05. The van der Waals surface area contributed by atoms with Gasteiger partial charge < -0.3 is 15.5 Å². The van der Waals surface area contributed by atoms with Crippen LogP contribution in [0.4, 0.5) is 0 Å². The fourth-order valence-electron chi connectivity index (χ4n) is 1.76. The molecule has 0 spiro atoms. The van der Waals surface area contributed by atoms with Crippen molar-refractivity contribution in [3.05, 3.63) is 40.3 Å². The number of nitrogens with zero attached hydrogens (tertiary/aromatic N) is 2. The Labute approximate surface area is 108 Å². The van der Waals surface area contributed by atoms with E-state index in [9.17, 15) is 0 Å². The van der Waals surface area contributed by atoms with Crippen molar-refractivity contribution >= 4 is 22.5 Å². The van der Waals surface area contributed by atoms with Crippen molar-refractivity contribution in [1.82, 2.24) is 15.0 Å². The predicted molar refractivity (Wildman–Crippen MR) is 70.8 cm³/mol. The van der Waals surface area contributed by atoms with Gasteiger partial charge in [-0.05, 0) is 17.5 Å². The number of aromatic nitrogens is 3. The second-order valence-corrected chi connectivity index (χ2v) is 4.82. The third-order valence-corrected chi connectivity index (χ3v) is 3.65. The van der Waals surface area contributed by atoms with Crippen molar-refractivity contribution in [1.29, 1.82) is 0 Å². The lowest BCUT2D eigenvalue weighted by molar-refractivity contribution is 0.399. The third kappa shape index (κ3) is 1.85. The number of nitrogens with one attached hydrogen (secondary N) is 1. The smallest absolute Gasteiger partial charge is 0.215 e. The second-order valence-electron chi connectivity index (χ2n) is 3.84. The molecule has 0 aliphatic carbocycles. The van der Waals surface area contributed by atoms with E-state index >= 15 is 0 Å². The zero-order valence-electron chi connectivity index (χ0n) is 9.75. The molecule has 1 atom stereocenters. The normalized spacial score (nSPS) is 12.8. The molecule has 3 aromatic rings. The van der Waals surface area contributed by atoms with E-state index < -0.39 is 0 Å². The Balaban J connectivity index is 2.03. The lowest BCUT2D eigenvalue weighted by Gasteiger charge is -2.04. The van der Waals surface area contributed by atoms with Gasteiger partial charge >= 0.3 is 0 Å². The van der Waals surface area contributed by atoms with Gasteiger partial charge in [-0.15, -0.1) is 11.3 Å². The minimum absolute atomic E-state index is 0.245. The summed E-state index contributed by atoms with van der Waals surface area (Å²) >= 11 is 1.61. The molecular formula is C12H12N4OS. The van der Waals surface area contributed by atoms with Gasteiger partial charge in [0.1, 0.15) is 5.82 Å². The zero-order valence-corrected chi connectivity index (χ0v) is 10.6. The summed E-state index contributed by atoms with van der Waals surface area (Å²) in [5.41, 5.74) is 7.63. The van der Waals surface area contributed by atoms with Crippen LogP contribution in [0.15, 0.2) is 29.6 Å². The van der Waals surface area contributed by atoms with E-state index in [-0.39, 0.29) is 6.04 Å². The number of thiophene rings is 1. The van der Waals surface area contributed by atoms with Gasteiger partial charge in [-0.25, -0.2) is 4.98 Å². The number of pyridine rings is 1. The van der Waals surface area contributed by atoms with Crippen LogP contribution in [-0.4, -0.2) is 22.1 Å². The van der Waals surface area contributed by atoms with Crippen LogP contribution in [0.2, 0.25) is 0 Å². The number of nitrogens with two attached hydrogens (primary N) is 1. The number of H-pyrrole nitrogens is 1. The van der Waals surface area contributed by atoms with E-state index in [2.05, 4.69) is 15.0 Å². The highest BCUT2D eigenvalue weighted by Crippen LogP contribution is 2.23. The Morgan fingerprint density at radius 1 is 1.33 bits per heavy atom. The summed E-state index contributed by atoms with van der Waals surface area (Å²) in [5.74, 6) is 1.26. The van der Waals surface area contributed by atoms with Crippen molar-refractivity contribution in [3.8, 4) is 5.88 Å². The Morgan fingerprint density at radius 3 is 2.94 bits per heavy atom. The molecule has 0 saturated heterocycles. The van der Waals surface area contributed by atoms with Crippen molar-refractivity contribution in [2.24, 2.45) is 5.73 Å². The van der Waals surface area contributed by atoms with E-state index in [4.69, 9.17) is 10.5 Å². The van der Waals surface area contributed by atoms with Crippen LogP contribution in [-0.2, 0) is 0 Å². The summed E-state index contributed by atoms with van der Waals surface area (Å²) in [5, 5.41) is 2.00. The van der Waals surface area contributed by atoms with E-state index in [0.717, 1.165) is 10.4 Å². The molecule has 1 unspecified atom stereocenters. The SMILES string of the molecule is COc1ccc2[nH]c(C(N)c3cccs3)nc2n1. The van der Waals surface area contributed by atoms with E-state index in [1.807, 2.05) is 23.6 Å². The van der Waals surface area contributed by atoms with Crippen LogP contribution in [0, 0.1) is 0 Å². The first-order valence-electron chi connectivity index (χ1n) is 5.47. The fraction of sp³-hybridized carbons (Fsp3) is 0.167. The van der Waals surface area contributed by atoms with Crippen LogP contribution < -0.4 is 10.5 Å². The van der Waals surface area contributed by atoms with Gasteiger partial charge in [0.15, 0.2) is 5.65 Å². The molecule has 3 heterocycles. The number of aromatic amines is 1. The fourth-order valence-corrected chi connectivity index (χ4v) is 2.49. The summed E-state index contributed by atoms with van der Waals surface area (Å²) in [6.07, 6.45) is 0. The van der Waals surface area contributed by atoms with Gasteiger partial charge in [0.2, 0.25) is 5.88 Å². The van der Waals surface area contributed by atoms with Gasteiger partial charge in [-0.1, -0.05) is 6.07 Å². The first-order chi connectivity index (χ1) is 8.78. The maximum absolute atomic E-state index is 6.15. The molecule has 0 aliphatic heterocycles. The zero-order chi connectivity index (χ0) is 12.5. The van der Waals surface area contributed by atoms with Crippen LogP contribution >= 0.6 is 11.3 Å². The van der Waals surface area contributed by atoms with Crippen molar-refractivity contribution < 1.29 is 4.74 Å². The van der Waals surface area contributed by atoms with Crippen LogP contribution in [0.1, 0.15) is 16.7 Å². The van der Waals surface area contributed by atoms with Gasteiger partial charge in [0.25, 0.3) is 0 Å². The van der Waals surface area contributed by atoms with Crippen LogP contribution in [0.3, 0.4) is 0 Å². The molecule has 5 nitrogen and oxygen atoms in total. The molecule has 6 heteroatoms. The largest absolute Gasteiger partial charge is 0.481 e. The number of hydrogen-bond donors (Lipinski definition) is 2. The average molecular weight is 260 g/mol. The molecule has 18 heavy (non-hydrogen) atoms. The van der Waals surface area contributed by atoms with E-state index in [0.29, 0.717) is 17.4 Å². The Morgan fingerprint density at radius 2 is 2.22 bits per heavy atom. The molecular weight excluding hydrogens is 248 g/mol. The quantitative estimate of drug-likeness (QED) is 0.756. The molecule has 92 valence electrons. The summed E-state index contributed by atoms with van der Waals surface area (Å²) in [7, 11) is 1.58. The highest BCUT2D eigenvalue weighted by molar-refractivity contribution is 7.10. The summed E-state index contributed by atoms with van der Waals surface area (Å²) in [6, 6.07) is 7.41. The van der Waals surface area contributed by atoms with Crippen molar-refractivity contribution in [3.63, 3.8) is 0 Å². The number of hydrogen-bond acceptors (Lipinski definition) is 5. The molecule has 0 aromatic carbocycles. The van der Waals surface area contributed by atoms with Gasteiger partial charge in [-0.3, -0.25) is 0 Å². The minimum atomic E-state index is -0.245. The summed E-state index contributed by atoms with van der Waals surface area (Å²) in [6.45, 7) is 0. The highest BCUT2D eigenvalue weighted by atomic mass is 32.1. The molecule has 3 rings (SSSR count). The number of imidazole rings is 1. The molecule has 3 N–H and O–H groups in total. The van der Waals surface area contributed by atoms with Gasteiger partial charge in [0, 0.05) is 10.9 Å².